The first kappa shape index (κ1) is 34.4. The summed E-state index contributed by atoms with van der Waals surface area (Å²) >= 11 is 12.8. The van der Waals surface area contributed by atoms with Gasteiger partial charge in [0, 0.05) is 60.2 Å². The van der Waals surface area contributed by atoms with E-state index in [2.05, 4.69) is 0 Å². The largest absolute Gasteiger partial charge is 0.468 e. The lowest BCUT2D eigenvalue weighted by Crippen LogP contribution is -2.60. The molecule has 48 heavy (non-hydrogen) atoms. The molecule has 4 aliphatic rings. The second-order valence-corrected chi connectivity index (χ2v) is 13.9. The average molecular weight is 699 g/mol. The van der Waals surface area contributed by atoms with Crippen LogP contribution >= 0.6 is 23.2 Å². The van der Waals surface area contributed by atoms with Crippen molar-refractivity contribution >= 4 is 46.9 Å². The summed E-state index contributed by atoms with van der Waals surface area (Å²) in [6, 6.07) is 14.8. The number of amides is 3. The smallest absolute Gasteiger partial charge is 0.320 e. The van der Waals surface area contributed by atoms with E-state index >= 15 is 0 Å². The summed E-state index contributed by atoms with van der Waals surface area (Å²) in [5.41, 5.74) is 0.729. The minimum atomic E-state index is -1.36. The minimum Gasteiger partial charge on any atom is -0.468 e. The average Bonchev–Trinajstić information content (AvgIpc) is 3.94. The third kappa shape index (κ3) is 7.13. The van der Waals surface area contributed by atoms with E-state index in [0.29, 0.717) is 54.1 Å². The summed E-state index contributed by atoms with van der Waals surface area (Å²) in [4.78, 5) is 59.6. The SMILES string of the molecule is COC(=O)[C@]12C[C@H](CC(=O)N3CCN(C(=O)C4CC4)CC3)C(=O)N(Cc3ccc(Cl)cc3Cl)C1=C[C@H](COCc1ccccc1)O[C@@H]2C. The molecule has 3 heterocycles. The normalized spacial score (nSPS) is 25.8. The Hall–Kier alpha value is -3.44. The first-order chi connectivity index (χ1) is 23.1. The van der Waals surface area contributed by atoms with E-state index in [1.807, 2.05) is 35.2 Å². The van der Waals surface area contributed by atoms with Crippen LogP contribution in [0.3, 0.4) is 0 Å². The fraction of sp³-hybridized carbons (Fsp3) is 0.500. The number of nitrogens with zero attached hydrogens (tertiary/aromatic N) is 3. The van der Waals surface area contributed by atoms with Crippen molar-refractivity contribution in [2.45, 2.75) is 58.0 Å². The van der Waals surface area contributed by atoms with Gasteiger partial charge in [0.25, 0.3) is 0 Å². The maximum absolute atomic E-state index is 14.4. The van der Waals surface area contributed by atoms with Gasteiger partial charge in [0.15, 0.2) is 0 Å². The Morgan fingerprint density at radius 1 is 1.00 bits per heavy atom. The third-order valence-corrected chi connectivity index (χ3v) is 10.5. The Balaban J connectivity index is 1.27. The van der Waals surface area contributed by atoms with E-state index in [1.54, 1.807) is 41.0 Å². The number of carbonyl (C=O) groups excluding carboxylic acids is 4. The molecule has 6 rings (SSSR count). The molecule has 4 atom stereocenters. The highest BCUT2D eigenvalue weighted by molar-refractivity contribution is 6.35. The number of fused-ring (bicyclic) bond motifs is 1. The van der Waals surface area contributed by atoms with Gasteiger partial charge in [-0.05, 0) is 55.5 Å². The van der Waals surface area contributed by atoms with E-state index in [1.165, 1.54) is 7.11 Å². The van der Waals surface area contributed by atoms with Crippen molar-refractivity contribution in [1.29, 1.82) is 0 Å². The van der Waals surface area contributed by atoms with Crippen LogP contribution in [0.25, 0.3) is 0 Å². The van der Waals surface area contributed by atoms with Crippen molar-refractivity contribution < 1.29 is 33.4 Å². The van der Waals surface area contributed by atoms with E-state index in [4.69, 9.17) is 37.4 Å². The molecule has 2 aromatic carbocycles. The number of ether oxygens (including phenoxy) is 3. The van der Waals surface area contributed by atoms with Crippen molar-refractivity contribution in [3.63, 3.8) is 0 Å². The fourth-order valence-electron chi connectivity index (χ4n) is 7.11. The molecule has 0 spiro atoms. The molecule has 3 amide bonds. The van der Waals surface area contributed by atoms with Crippen LogP contribution < -0.4 is 0 Å². The van der Waals surface area contributed by atoms with Gasteiger partial charge in [-0.15, -0.1) is 0 Å². The Labute approximate surface area is 290 Å². The number of likely N-dealkylation sites (tertiary alicyclic amines) is 1. The van der Waals surface area contributed by atoms with Gasteiger partial charge in [0.05, 0.1) is 33.0 Å². The zero-order valence-corrected chi connectivity index (χ0v) is 28.8. The summed E-state index contributed by atoms with van der Waals surface area (Å²) in [7, 11) is 1.32. The lowest BCUT2D eigenvalue weighted by molar-refractivity contribution is -0.178. The first-order valence-corrected chi connectivity index (χ1v) is 17.3. The number of halogens is 2. The quantitative estimate of drug-likeness (QED) is 0.327. The fourth-order valence-corrected chi connectivity index (χ4v) is 7.57. The molecule has 2 saturated heterocycles. The van der Waals surface area contributed by atoms with Crippen LogP contribution in [0, 0.1) is 17.3 Å². The highest BCUT2D eigenvalue weighted by Crippen LogP contribution is 2.51. The van der Waals surface area contributed by atoms with Crippen LogP contribution in [0.1, 0.15) is 43.7 Å². The summed E-state index contributed by atoms with van der Waals surface area (Å²) < 4.78 is 17.8. The number of benzene rings is 2. The number of piperidine rings is 1. The van der Waals surface area contributed by atoms with Crippen LogP contribution in [0.4, 0.5) is 0 Å². The van der Waals surface area contributed by atoms with E-state index in [-0.39, 0.29) is 49.6 Å². The van der Waals surface area contributed by atoms with E-state index in [9.17, 15) is 19.2 Å². The van der Waals surface area contributed by atoms with Gasteiger partial charge in [-0.25, -0.2) is 0 Å². The van der Waals surface area contributed by atoms with Crippen LogP contribution in [0.2, 0.25) is 10.0 Å². The molecule has 0 N–H and O–H groups in total. The van der Waals surface area contributed by atoms with Crippen LogP contribution in [0.5, 0.6) is 0 Å². The molecule has 0 bridgehead atoms. The van der Waals surface area contributed by atoms with Crippen LogP contribution in [-0.4, -0.2) is 90.5 Å². The number of hydrogen-bond donors (Lipinski definition) is 0. The van der Waals surface area contributed by atoms with Crippen LogP contribution in [0.15, 0.2) is 60.3 Å². The molecule has 1 saturated carbocycles. The number of piperazine rings is 1. The highest BCUT2D eigenvalue weighted by atomic mass is 35.5. The Bertz CT molecular complexity index is 1570. The number of methoxy groups -OCH3 is 1. The lowest BCUT2D eigenvalue weighted by atomic mass is 9.66. The van der Waals surface area contributed by atoms with Crippen molar-refractivity contribution in [2.24, 2.45) is 17.3 Å². The maximum Gasteiger partial charge on any atom is 0.320 e. The predicted octanol–water partition coefficient (Wildman–Crippen LogP) is 4.86. The molecular formula is C36H41Cl2N3O7. The second-order valence-electron chi connectivity index (χ2n) is 13.1. The molecule has 0 unspecified atom stereocenters. The van der Waals surface area contributed by atoms with E-state index < -0.39 is 29.5 Å². The molecule has 3 fully saturated rings. The van der Waals surface area contributed by atoms with Gasteiger partial charge in [0.1, 0.15) is 11.5 Å². The van der Waals surface area contributed by atoms with Gasteiger partial charge in [-0.3, -0.25) is 19.2 Å². The molecule has 12 heteroatoms. The summed E-state index contributed by atoms with van der Waals surface area (Å²) in [5, 5.41) is 0.828. The first-order valence-electron chi connectivity index (χ1n) is 16.5. The summed E-state index contributed by atoms with van der Waals surface area (Å²) in [6.45, 7) is 4.16. The molecule has 256 valence electrons. The Kier molecular flexibility index (Phi) is 10.5. The summed E-state index contributed by atoms with van der Waals surface area (Å²) in [5.74, 6) is -1.58. The lowest BCUT2D eigenvalue weighted by Gasteiger charge is -2.51. The third-order valence-electron chi connectivity index (χ3n) is 9.93. The molecule has 10 nitrogen and oxygen atoms in total. The Morgan fingerprint density at radius 3 is 2.38 bits per heavy atom. The minimum absolute atomic E-state index is 0.0415. The summed E-state index contributed by atoms with van der Waals surface area (Å²) in [6.07, 6.45) is 2.32. The van der Waals surface area contributed by atoms with Gasteiger partial charge in [-0.2, -0.15) is 0 Å². The number of esters is 1. The Morgan fingerprint density at radius 2 is 1.71 bits per heavy atom. The van der Waals surface area contributed by atoms with Gasteiger partial charge < -0.3 is 28.9 Å². The van der Waals surface area contributed by atoms with Gasteiger partial charge in [-0.1, -0.05) is 59.6 Å². The topological polar surface area (TPSA) is 106 Å². The van der Waals surface area contributed by atoms with Crippen molar-refractivity contribution in [3.05, 3.63) is 81.5 Å². The van der Waals surface area contributed by atoms with E-state index in [0.717, 1.165) is 18.4 Å². The molecular weight excluding hydrogens is 657 g/mol. The van der Waals surface area contributed by atoms with Crippen LogP contribution in [-0.2, 0) is 46.5 Å². The molecule has 2 aromatic rings. The maximum atomic E-state index is 14.4. The second kappa shape index (κ2) is 14.6. The molecule has 0 radical (unpaired) electrons. The monoisotopic (exact) mass is 697 g/mol. The van der Waals surface area contributed by atoms with Crippen molar-refractivity contribution in [2.75, 3.05) is 39.9 Å². The molecule has 3 aliphatic heterocycles. The van der Waals surface area contributed by atoms with Crippen molar-refractivity contribution in [1.82, 2.24) is 14.7 Å². The highest BCUT2D eigenvalue weighted by Gasteiger charge is 2.59. The molecule has 0 aromatic heterocycles. The zero-order chi connectivity index (χ0) is 34.0. The van der Waals surface area contributed by atoms with Gasteiger partial charge in [0.2, 0.25) is 17.7 Å². The number of carbonyl (C=O) groups is 4. The predicted molar refractivity (Wildman–Crippen MR) is 179 cm³/mol. The molecule has 1 aliphatic carbocycles. The number of hydrogen-bond acceptors (Lipinski definition) is 7. The number of rotatable bonds is 10. The van der Waals surface area contributed by atoms with Crippen molar-refractivity contribution in [3.8, 4) is 0 Å². The zero-order valence-electron chi connectivity index (χ0n) is 27.2. The van der Waals surface area contributed by atoms with Gasteiger partial charge >= 0.3 is 5.97 Å². The standard InChI is InChI=1S/C36H41Cl2N3O7/c1-23-36(35(45)46-2)19-27(16-32(42)39-12-14-40(15-13-39)33(43)25-8-9-25)34(44)41(20-26-10-11-28(37)17-30(26)38)31(36)18-29(48-23)22-47-21-24-6-4-3-5-7-24/h3-7,10-11,17-18,23,25,27,29H,8-9,12-16,19-22H2,1-2H3/t23-,27+,29-,36+/m1/s1.